The number of methoxy groups -OCH3 is 1. The van der Waals surface area contributed by atoms with Crippen LogP contribution in [-0.2, 0) is 9.53 Å². The minimum absolute atomic E-state index is 0.0732. The summed E-state index contributed by atoms with van der Waals surface area (Å²) >= 11 is 0. The Bertz CT molecular complexity index is 482. The lowest BCUT2D eigenvalue weighted by Crippen LogP contribution is -2.37. The topological polar surface area (TPSA) is 106 Å². The summed E-state index contributed by atoms with van der Waals surface area (Å²) in [6, 6.07) is 2.52. The molecule has 0 radical (unpaired) electrons. The molecule has 8 heteroatoms. The highest BCUT2D eigenvalue weighted by Crippen LogP contribution is 2.12. The predicted molar refractivity (Wildman–Crippen MR) is 65.7 cm³/mol. The van der Waals surface area contributed by atoms with Gasteiger partial charge in [-0.25, -0.2) is 4.98 Å². The maximum atomic E-state index is 12.1. The maximum absolute atomic E-state index is 12.1. The average Bonchev–Trinajstić information content (AvgIpc) is 2.86. The van der Waals surface area contributed by atoms with Gasteiger partial charge in [-0.1, -0.05) is 6.92 Å². The smallest absolute Gasteiger partial charge is 0.325 e. The van der Waals surface area contributed by atoms with Gasteiger partial charge in [0.1, 0.15) is 6.54 Å². The van der Waals surface area contributed by atoms with Gasteiger partial charge in [0, 0.05) is 12.6 Å². The second kappa shape index (κ2) is 6.53. The molecule has 0 aliphatic carbocycles. The molecule has 1 amide bonds. The highest BCUT2D eigenvalue weighted by Gasteiger charge is 2.23. The molecule has 1 aromatic rings. The molecule has 0 saturated carbocycles. The summed E-state index contributed by atoms with van der Waals surface area (Å²) in [4.78, 5) is 36.9. The summed E-state index contributed by atoms with van der Waals surface area (Å²) in [5, 5.41) is 10.5. The van der Waals surface area contributed by atoms with Crippen LogP contribution >= 0.6 is 0 Å². The van der Waals surface area contributed by atoms with Crippen LogP contribution in [0.1, 0.15) is 23.8 Å². The van der Waals surface area contributed by atoms with Gasteiger partial charge in [0.05, 0.1) is 7.11 Å². The van der Waals surface area contributed by atoms with Gasteiger partial charge >= 0.3 is 11.8 Å². The lowest BCUT2D eigenvalue weighted by molar-refractivity contribution is -0.389. The zero-order chi connectivity index (χ0) is 14.4. The summed E-state index contributed by atoms with van der Waals surface area (Å²) < 4.78 is 4.51. The van der Waals surface area contributed by atoms with Crippen molar-refractivity contribution in [2.24, 2.45) is 0 Å². The Morgan fingerprint density at radius 3 is 2.63 bits per heavy atom. The number of H-pyrrole nitrogens is 1. The van der Waals surface area contributed by atoms with E-state index in [2.05, 4.69) is 9.72 Å². The van der Waals surface area contributed by atoms with Crippen LogP contribution in [0.3, 0.4) is 0 Å². The first-order chi connectivity index (χ1) is 8.99. The van der Waals surface area contributed by atoms with E-state index in [1.165, 1.54) is 24.1 Å². The molecule has 0 aliphatic rings. The molecule has 0 bridgehead atoms. The average molecular weight is 269 g/mol. The van der Waals surface area contributed by atoms with Crippen molar-refractivity contribution in [2.75, 3.05) is 20.2 Å². The molecule has 8 nitrogen and oxygen atoms in total. The molecule has 0 atom stereocenters. The molecule has 0 saturated heterocycles. The number of carbonyl (C=O) groups is 2. The second-order valence-corrected chi connectivity index (χ2v) is 3.82. The van der Waals surface area contributed by atoms with Gasteiger partial charge in [-0.15, -0.1) is 0 Å². The molecule has 1 N–H and O–H groups in total. The lowest BCUT2D eigenvalue weighted by Gasteiger charge is -2.18. The molecular weight excluding hydrogens is 254 g/mol. The molecule has 0 spiro atoms. The third kappa shape index (κ3) is 3.80. The third-order valence-corrected chi connectivity index (χ3v) is 2.43. The zero-order valence-corrected chi connectivity index (χ0v) is 10.7. The summed E-state index contributed by atoms with van der Waals surface area (Å²) in [6.07, 6.45) is 0.658. The number of aromatic nitrogens is 1. The molecule has 0 aliphatic heterocycles. The van der Waals surface area contributed by atoms with E-state index in [4.69, 9.17) is 0 Å². The van der Waals surface area contributed by atoms with Gasteiger partial charge in [-0.2, -0.15) is 0 Å². The van der Waals surface area contributed by atoms with Crippen LogP contribution in [0, 0.1) is 10.1 Å². The molecular formula is C11H15N3O5. The number of nitro groups is 1. The van der Waals surface area contributed by atoms with Crippen LogP contribution in [0.25, 0.3) is 0 Å². The fourth-order valence-corrected chi connectivity index (χ4v) is 1.53. The van der Waals surface area contributed by atoms with E-state index in [1.54, 1.807) is 0 Å². The molecule has 0 fully saturated rings. The molecule has 1 aromatic heterocycles. The molecule has 1 rings (SSSR count). The van der Waals surface area contributed by atoms with Gasteiger partial charge in [-0.3, -0.25) is 9.59 Å². The van der Waals surface area contributed by atoms with E-state index in [-0.39, 0.29) is 18.1 Å². The lowest BCUT2D eigenvalue weighted by atomic mass is 10.3. The largest absolute Gasteiger partial charge is 0.468 e. The standard InChI is InChI=1S/C11H15N3O5/c1-3-6-13(7-10(15)19-2)11(16)8-4-5-9(12-8)14(17)18/h4-5,12H,3,6-7H2,1-2H3. The number of ether oxygens (including phenoxy) is 1. The Balaban J connectivity index is 2.85. The fraction of sp³-hybridized carbons (Fsp3) is 0.455. The predicted octanol–water partition coefficient (Wildman–Crippen LogP) is 0.948. The number of amides is 1. The maximum Gasteiger partial charge on any atom is 0.325 e. The molecule has 19 heavy (non-hydrogen) atoms. The molecule has 0 unspecified atom stereocenters. The van der Waals surface area contributed by atoms with Crippen molar-refractivity contribution in [3.05, 3.63) is 27.9 Å². The van der Waals surface area contributed by atoms with E-state index in [9.17, 15) is 19.7 Å². The van der Waals surface area contributed by atoms with E-state index in [0.29, 0.717) is 13.0 Å². The van der Waals surface area contributed by atoms with Crippen LogP contribution in [0.2, 0.25) is 0 Å². The normalized spacial score (nSPS) is 10.0. The van der Waals surface area contributed by atoms with E-state index >= 15 is 0 Å². The van der Waals surface area contributed by atoms with Crippen molar-refractivity contribution < 1.29 is 19.2 Å². The fourth-order valence-electron chi connectivity index (χ4n) is 1.53. The Labute approximate surface area is 109 Å². The first-order valence-corrected chi connectivity index (χ1v) is 5.69. The number of hydrogen-bond acceptors (Lipinski definition) is 5. The van der Waals surface area contributed by atoms with Crippen LogP contribution < -0.4 is 0 Å². The SMILES string of the molecule is CCCN(CC(=O)OC)C(=O)c1ccc([N+](=O)[O-])[nH]1. The number of aromatic amines is 1. The van der Waals surface area contributed by atoms with E-state index in [1.807, 2.05) is 6.92 Å². The van der Waals surface area contributed by atoms with E-state index < -0.39 is 16.8 Å². The van der Waals surface area contributed by atoms with Crippen LogP contribution in [-0.4, -0.2) is 46.9 Å². The van der Waals surface area contributed by atoms with Crippen molar-refractivity contribution in [3.8, 4) is 0 Å². The Morgan fingerprint density at radius 1 is 1.47 bits per heavy atom. The van der Waals surface area contributed by atoms with Crippen LogP contribution in [0.15, 0.2) is 12.1 Å². The molecule has 104 valence electrons. The van der Waals surface area contributed by atoms with Crippen molar-refractivity contribution in [3.63, 3.8) is 0 Å². The van der Waals surface area contributed by atoms with E-state index in [0.717, 1.165) is 0 Å². The Morgan fingerprint density at radius 2 is 2.16 bits per heavy atom. The summed E-state index contributed by atoms with van der Waals surface area (Å²) in [7, 11) is 1.23. The monoisotopic (exact) mass is 269 g/mol. The van der Waals surface area contributed by atoms with Crippen LogP contribution in [0.4, 0.5) is 5.82 Å². The van der Waals surface area contributed by atoms with Crippen molar-refractivity contribution >= 4 is 17.7 Å². The number of nitrogens with zero attached hydrogens (tertiary/aromatic N) is 2. The highest BCUT2D eigenvalue weighted by molar-refractivity contribution is 5.94. The number of hydrogen-bond donors (Lipinski definition) is 1. The number of esters is 1. The van der Waals surface area contributed by atoms with Crippen molar-refractivity contribution in [2.45, 2.75) is 13.3 Å². The minimum Gasteiger partial charge on any atom is -0.468 e. The number of rotatable bonds is 6. The second-order valence-electron chi connectivity index (χ2n) is 3.82. The first kappa shape index (κ1) is 14.7. The molecule has 1 heterocycles. The molecule has 0 aromatic carbocycles. The van der Waals surface area contributed by atoms with Crippen LogP contribution in [0.5, 0.6) is 0 Å². The third-order valence-electron chi connectivity index (χ3n) is 2.43. The Kier molecular flexibility index (Phi) is 5.04. The minimum atomic E-state index is -0.624. The number of nitrogens with one attached hydrogen (secondary N) is 1. The van der Waals surface area contributed by atoms with Gasteiger partial charge < -0.3 is 19.8 Å². The van der Waals surface area contributed by atoms with Gasteiger partial charge in [-0.05, 0) is 17.4 Å². The summed E-state index contributed by atoms with van der Waals surface area (Å²) in [5.74, 6) is -1.28. The highest BCUT2D eigenvalue weighted by atomic mass is 16.6. The summed E-state index contributed by atoms with van der Waals surface area (Å²) in [6.45, 7) is 2.03. The van der Waals surface area contributed by atoms with Crippen molar-refractivity contribution in [1.82, 2.24) is 9.88 Å². The van der Waals surface area contributed by atoms with Gasteiger partial charge in [0.25, 0.3) is 5.91 Å². The summed E-state index contributed by atoms with van der Waals surface area (Å²) in [5.41, 5.74) is 0.0732. The van der Waals surface area contributed by atoms with Gasteiger partial charge in [0.2, 0.25) is 0 Å². The zero-order valence-electron chi connectivity index (χ0n) is 10.7. The van der Waals surface area contributed by atoms with Crippen molar-refractivity contribution in [1.29, 1.82) is 0 Å². The van der Waals surface area contributed by atoms with Gasteiger partial charge in [0.15, 0.2) is 5.69 Å². The Hall–Kier alpha value is -2.38. The first-order valence-electron chi connectivity index (χ1n) is 5.69. The number of carbonyl (C=O) groups excluding carboxylic acids is 2. The quantitative estimate of drug-likeness (QED) is 0.470.